The largest absolute Gasteiger partial charge is 0.314 e. The first-order valence-electron chi connectivity index (χ1n) is 6.25. The summed E-state index contributed by atoms with van der Waals surface area (Å²) in [6.07, 6.45) is 0. The second kappa shape index (κ2) is 5.46. The van der Waals surface area contributed by atoms with E-state index < -0.39 is 0 Å². The maximum Gasteiger partial charge on any atom is 0.0108 e. The van der Waals surface area contributed by atoms with Crippen molar-refractivity contribution < 1.29 is 0 Å². The number of nitrogens with one attached hydrogen (secondary N) is 1. The van der Waals surface area contributed by atoms with Gasteiger partial charge in [-0.05, 0) is 18.4 Å². The van der Waals surface area contributed by atoms with E-state index in [1.807, 2.05) is 0 Å². The predicted molar refractivity (Wildman–Crippen MR) is 68.9 cm³/mol. The van der Waals surface area contributed by atoms with Crippen molar-refractivity contribution >= 4 is 0 Å². The van der Waals surface area contributed by atoms with Crippen LogP contribution in [0.1, 0.15) is 24.0 Å². The molecule has 1 unspecified atom stereocenters. The van der Waals surface area contributed by atoms with Crippen LogP contribution in [0.15, 0.2) is 24.3 Å². The van der Waals surface area contributed by atoms with Crippen molar-refractivity contribution in [2.45, 2.75) is 19.8 Å². The quantitative estimate of drug-likeness (QED) is 0.835. The predicted octanol–water partition coefficient (Wildman–Crippen LogP) is 2.00. The summed E-state index contributed by atoms with van der Waals surface area (Å²) in [4.78, 5) is 2.56. The van der Waals surface area contributed by atoms with E-state index in [1.54, 1.807) is 0 Å². The number of rotatable bonds is 3. The van der Waals surface area contributed by atoms with Crippen molar-refractivity contribution in [3.8, 4) is 0 Å². The minimum atomic E-state index is 0.637. The van der Waals surface area contributed by atoms with Crippen molar-refractivity contribution in [3.05, 3.63) is 35.4 Å². The first-order valence-corrected chi connectivity index (χ1v) is 6.25. The molecule has 0 amide bonds. The number of nitrogens with zero attached hydrogens (tertiary/aromatic N) is 1. The van der Waals surface area contributed by atoms with Crippen molar-refractivity contribution in [1.82, 2.24) is 10.2 Å². The molecular formula is C14H22N2. The van der Waals surface area contributed by atoms with Crippen molar-refractivity contribution in [3.63, 3.8) is 0 Å². The van der Waals surface area contributed by atoms with Gasteiger partial charge in [0.15, 0.2) is 0 Å². The molecule has 1 aromatic carbocycles. The average molecular weight is 218 g/mol. The Labute approximate surface area is 98.7 Å². The Balaban J connectivity index is 1.94. The molecule has 0 saturated carbocycles. The normalized spacial score (nSPS) is 19.6. The molecule has 0 aliphatic carbocycles. The van der Waals surface area contributed by atoms with Crippen LogP contribution in [-0.2, 0) is 0 Å². The van der Waals surface area contributed by atoms with Crippen molar-refractivity contribution in [1.29, 1.82) is 0 Å². The lowest BCUT2D eigenvalue weighted by Gasteiger charge is -2.29. The minimum Gasteiger partial charge on any atom is -0.314 e. The Morgan fingerprint density at radius 1 is 1.31 bits per heavy atom. The molecule has 0 spiro atoms. The lowest BCUT2D eigenvalue weighted by Crippen LogP contribution is -2.44. The molecule has 0 radical (unpaired) electrons. The molecule has 1 saturated heterocycles. The summed E-state index contributed by atoms with van der Waals surface area (Å²) in [6, 6.07) is 8.90. The number of hydrogen-bond acceptors (Lipinski definition) is 2. The van der Waals surface area contributed by atoms with E-state index in [2.05, 4.69) is 48.3 Å². The number of piperazine rings is 1. The zero-order valence-corrected chi connectivity index (χ0v) is 10.4. The van der Waals surface area contributed by atoms with E-state index in [0.717, 1.165) is 13.1 Å². The van der Waals surface area contributed by atoms with Gasteiger partial charge in [-0.1, -0.05) is 36.8 Å². The SMILES string of the molecule is Cc1cccc(C(C)CN2CCNCC2)c1. The second-order valence-electron chi connectivity index (χ2n) is 4.87. The van der Waals surface area contributed by atoms with E-state index in [-0.39, 0.29) is 0 Å². The van der Waals surface area contributed by atoms with Gasteiger partial charge in [0.25, 0.3) is 0 Å². The summed E-state index contributed by atoms with van der Waals surface area (Å²) >= 11 is 0. The Hall–Kier alpha value is -0.860. The third kappa shape index (κ3) is 3.06. The van der Waals surface area contributed by atoms with Gasteiger partial charge in [-0.15, -0.1) is 0 Å². The summed E-state index contributed by atoms with van der Waals surface area (Å²) in [5.74, 6) is 0.637. The monoisotopic (exact) mass is 218 g/mol. The highest BCUT2D eigenvalue weighted by atomic mass is 15.2. The summed E-state index contributed by atoms with van der Waals surface area (Å²) in [5, 5.41) is 3.40. The van der Waals surface area contributed by atoms with E-state index in [0.29, 0.717) is 5.92 Å². The van der Waals surface area contributed by atoms with Crippen molar-refractivity contribution in [2.24, 2.45) is 0 Å². The van der Waals surface area contributed by atoms with Crippen molar-refractivity contribution in [2.75, 3.05) is 32.7 Å². The molecule has 2 rings (SSSR count). The van der Waals surface area contributed by atoms with E-state index in [4.69, 9.17) is 0 Å². The second-order valence-corrected chi connectivity index (χ2v) is 4.87. The van der Waals surface area contributed by atoms with Crippen LogP contribution in [-0.4, -0.2) is 37.6 Å². The van der Waals surface area contributed by atoms with Gasteiger partial charge in [0.1, 0.15) is 0 Å². The van der Waals surface area contributed by atoms with Crippen LogP contribution < -0.4 is 5.32 Å². The minimum absolute atomic E-state index is 0.637. The summed E-state index contributed by atoms with van der Waals surface area (Å²) < 4.78 is 0. The van der Waals surface area contributed by atoms with Gasteiger partial charge in [-0.3, -0.25) is 0 Å². The third-order valence-corrected chi connectivity index (χ3v) is 3.35. The molecule has 0 aromatic heterocycles. The summed E-state index contributed by atoms with van der Waals surface area (Å²) in [7, 11) is 0. The molecule has 2 heteroatoms. The third-order valence-electron chi connectivity index (χ3n) is 3.35. The van der Waals surface area contributed by atoms with Crippen LogP contribution in [0.25, 0.3) is 0 Å². The van der Waals surface area contributed by atoms with E-state index in [9.17, 15) is 0 Å². The number of benzene rings is 1. The molecule has 1 fully saturated rings. The molecule has 1 aromatic rings. The van der Waals surface area contributed by atoms with Crippen LogP contribution in [0.4, 0.5) is 0 Å². The fraction of sp³-hybridized carbons (Fsp3) is 0.571. The molecule has 1 aliphatic rings. The Morgan fingerprint density at radius 3 is 2.75 bits per heavy atom. The number of hydrogen-bond donors (Lipinski definition) is 1. The van der Waals surface area contributed by atoms with Crippen LogP contribution >= 0.6 is 0 Å². The Morgan fingerprint density at radius 2 is 2.06 bits per heavy atom. The smallest absolute Gasteiger partial charge is 0.0108 e. The highest BCUT2D eigenvalue weighted by Gasteiger charge is 2.14. The van der Waals surface area contributed by atoms with Gasteiger partial charge < -0.3 is 10.2 Å². The van der Waals surface area contributed by atoms with Crippen LogP contribution in [0, 0.1) is 6.92 Å². The highest BCUT2D eigenvalue weighted by Crippen LogP contribution is 2.17. The van der Waals surface area contributed by atoms with Gasteiger partial charge in [0, 0.05) is 32.7 Å². The summed E-state index contributed by atoms with van der Waals surface area (Å²) in [6.45, 7) is 10.3. The molecule has 1 atom stereocenters. The molecule has 1 aliphatic heterocycles. The Bertz CT molecular complexity index is 329. The van der Waals surface area contributed by atoms with Crippen LogP contribution in [0.2, 0.25) is 0 Å². The zero-order valence-electron chi connectivity index (χ0n) is 10.4. The maximum absolute atomic E-state index is 3.40. The molecule has 1 heterocycles. The van der Waals surface area contributed by atoms with Gasteiger partial charge >= 0.3 is 0 Å². The molecule has 2 nitrogen and oxygen atoms in total. The lowest BCUT2D eigenvalue weighted by atomic mass is 9.98. The van der Waals surface area contributed by atoms with Crippen LogP contribution in [0.3, 0.4) is 0 Å². The standard InChI is InChI=1S/C14H22N2/c1-12-4-3-5-14(10-12)13(2)11-16-8-6-15-7-9-16/h3-5,10,13,15H,6-9,11H2,1-2H3. The van der Waals surface area contributed by atoms with E-state index in [1.165, 1.54) is 30.8 Å². The van der Waals surface area contributed by atoms with Gasteiger partial charge in [-0.2, -0.15) is 0 Å². The first kappa shape index (κ1) is 11.6. The number of aryl methyl sites for hydroxylation is 1. The van der Waals surface area contributed by atoms with Gasteiger partial charge in [0.05, 0.1) is 0 Å². The molecule has 88 valence electrons. The Kier molecular flexibility index (Phi) is 3.97. The molecule has 16 heavy (non-hydrogen) atoms. The average Bonchev–Trinajstić information content (AvgIpc) is 2.30. The fourth-order valence-electron chi connectivity index (χ4n) is 2.36. The first-order chi connectivity index (χ1) is 7.75. The maximum atomic E-state index is 3.40. The van der Waals surface area contributed by atoms with Gasteiger partial charge in [0.2, 0.25) is 0 Å². The molecular weight excluding hydrogens is 196 g/mol. The lowest BCUT2D eigenvalue weighted by molar-refractivity contribution is 0.230. The molecule has 0 bridgehead atoms. The van der Waals surface area contributed by atoms with Crippen LogP contribution in [0.5, 0.6) is 0 Å². The molecule has 1 N–H and O–H groups in total. The fourth-order valence-corrected chi connectivity index (χ4v) is 2.36. The zero-order chi connectivity index (χ0) is 11.4. The summed E-state index contributed by atoms with van der Waals surface area (Å²) in [5.41, 5.74) is 2.84. The topological polar surface area (TPSA) is 15.3 Å². The van der Waals surface area contributed by atoms with E-state index >= 15 is 0 Å². The highest BCUT2D eigenvalue weighted by molar-refractivity contribution is 5.25. The van der Waals surface area contributed by atoms with Gasteiger partial charge in [-0.25, -0.2) is 0 Å².